The van der Waals surface area contributed by atoms with E-state index in [4.69, 9.17) is 5.26 Å². The third-order valence-electron chi connectivity index (χ3n) is 3.05. The zero-order chi connectivity index (χ0) is 16.3. The van der Waals surface area contributed by atoms with E-state index in [1.165, 1.54) is 43.3 Å². The first kappa shape index (κ1) is 15.6. The van der Waals surface area contributed by atoms with Crippen LogP contribution in [0, 0.1) is 18.3 Å². The maximum absolute atomic E-state index is 12.8. The molecule has 0 aliphatic carbocycles. The summed E-state index contributed by atoms with van der Waals surface area (Å²) in [6.07, 6.45) is -4.48. The van der Waals surface area contributed by atoms with Gasteiger partial charge in [-0.2, -0.15) is 18.4 Å². The minimum Gasteiger partial charge on any atom is -0.322 e. The summed E-state index contributed by atoms with van der Waals surface area (Å²) in [7, 11) is 0. The number of benzene rings is 2. The van der Waals surface area contributed by atoms with Crippen molar-refractivity contribution in [2.75, 3.05) is 5.32 Å². The second-order valence-electron chi connectivity index (χ2n) is 4.67. The lowest BCUT2D eigenvalue weighted by Gasteiger charge is -2.13. The number of halogens is 3. The van der Waals surface area contributed by atoms with E-state index in [1.807, 2.05) is 6.07 Å². The first-order valence-corrected chi connectivity index (χ1v) is 6.30. The number of nitrogens with one attached hydrogen (secondary N) is 1. The van der Waals surface area contributed by atoms with E-state index in [1.54, 1.807) is 0 Å². The molecule has 0 fully saturated rings. The topological polar surface area (TPSA) is 52.9 Å². The Labute approximate surface area is 125 Å². The molecular formula is C16H11F3N2O. The van der Waals surface area contributed by atoms with Crippen LogP contribution in [0.15, 0.2) is 42.5 Å². The number of rotatable bonds is 2. The quantitative estimate of drug-likeness (QED) is 0.906. The van der Waals surface area contributed by atoms with E-state index >= 15 is 0 Å². The van der Waals surface area contributed by atoms with Crippen LogP contribution in [0.1, 0.15) is 27.0 Å². The monoisotopic (exact) mass is 304 g/mol. The van der Waals surface area contributed by atoms with Gasteiger partial charge in [0.25, 0.3) is 5.91 Å². The number of anilines is 1. The van der Waals surface area contributed by atoms with Crippen molar-refractivity contribution in [3.8, 4) is 6.07 Å². The summed E-state index contributed by atoms with van der Waals surface area (Å²) < 4.78 is 38.5. The highest BCUT2D eigenvalue weighted by molar-refractivity contribution is 6.04. The maximum Gasteiger partial charge on any atom is 0.416 e. The average Bonchev–Trinajstić information content (AvgIpc) is 2.48. The van der Waals surface area contributed by atoms with Gasteiger partial charge in [0, 0.05) is 11.3 Å². The SMILES string of the molecule is Cc1ccc(NC(=O)c2cccc(C#N)c2)cc1C(F)(F)F. The van der Waals surface area contributed by atoms with Gasteiger partial charge in [0.05, 0.1) is 17.2 Å². The Kier molecular flexibility index (Phi) is 4.18. The second-order valence-corrected chi connectivity index (χ2v) is 4.67. The van der Waals surface area contributed by atoms with Crippen LogP contribution in [0.2, 0.25) is 0 Å². The van der Waals surface area contributed by atoms with Gasteiger partial charge in [0.15, 0.2) is 0 Å². The van der Waals surface area contributed by atoms with Crippen LogP contribution in [0.25, 0.3) is 0 Å². The molecule has 1 N–H and O–H groups in total. The Morgan fingerprint density at radius 1 is 1.18 bits per heavy atom. The Balaban J connectivity index is 2.27. The molecule has 2 rings (SSSR count). The lowest BCUT2D eigenvalue weighted by atomic mass is 10.1. The molecule has 0 aliphatic rings. The fraction of sp³-hybridized carbons (Fsp3) is 0.125. The van der Waals surface area contributed by atoms with Crippen LogP contribution in [0.4, 0.5) is 18.9 Å². The molecule has 0 bridgehead atoms. The predicted octanol–water partition coefficient (Wildman–Crippen LogP) is 4.14. The third-order valence-corrected chi connectivity index (χ3v) is 3.05. The molecule has 0 aromatic heterocycles. The van der Waals surface area contributed by atoms with Gasteiger partial charge >= 0.3 is 6.18 Å². The number of carbonyl (C=O) groups is 1. The van der Waals surface area contributed by atoms with Crippen LogP contribution >= 0.6 is 0 Å². The van der Waals surface area contributed by atoms with Crippen molar-refractivity contribution in [2.45, 2.75) is 13.1 Å². The maximum atomic E-state index is 12.8. The minimum absolute atomic E-state index is 0.0466. The number of nitriles is 1. The summed E-state index contributed by atoms with van der Waals surface area (Å²) in [6, 6.07) is 11.4. The van der Waals surface area contributed by atoms with Crippen molar-refractivity contribution in [1.82, 2.24) is 0 Å². The molecule has 2 aromatic carbocycles. The molecule has 6 heteroatoms. The lowest BCUT2D eigenvalue weighted by Crippen LogP contribution is -2.14. The van der Waals surface area contributed by atoms with Gasteiger partial charge in [-0.05, 0) is 42.8 Å². The van der Waals surface area contributed by atoms with Crippen molar-refractivity contribution in [3.05, 3.63) is 64.7 Å². The molecule has 0 aliphatic heterocycles. The fourth-order valence-corrected chi connectivity index (χ4v) is 1.94. The Hall–Kier alpha value is -2.81. The molecule has 0 atom stereocenters. The van der Waals surface area contributed by atoms with Gasteiger partial charge < -0.3 is 5.32 Å². The molecule has 0 radical (unpaired) electrons. The summed E-state index contributed by atoms with van der Waals surface area (Å²) in [5.74, 6) is -0.575. The predicted molar refractivity (Wildman–Crippen MR) is 75.3 cm³/mol. The standard InChI is InChI=1S/C16H11F3N2O/c1-10-5-6-13(8-14(10)16(17,18)19)21-15(22)12-4-2-3-11(7-12)9-20/h2-8H,1H3,(H,21,22). The number of alkyl halides is 3. The highest BCUT2D eigenvalue weighted by Crippen LogP contribution is 2.33. The van der Waals surface area contributed by atoms with Gasteiger partial charge in [-0.15, -0.1) is 0 Å². The summed E-state index contributed by atoms with van der Waals surface area (Å²) in [5.41, 5.74) is -0.168. The molecule has 0 saturated carbocycles. The van der Waals surface area contributed by atoms with Gasteiger partial charge in [-0.1, -0.05) is 12.1 Å². The highest BCUT2D eigenvalue weighted by Gasteiger charge is 2.32. The van der Waals surface area contributed by atoms with E-state index in [0.29, 0.717) is 5.56 Å². The summed E-state index contributed by atoms with van der Waals surface area (Å²) in [4.78, 5) is 12.0. The summed E-state index contributed by atoms with van der Waals surface area (Å²) in [5, 5.41) is 11.2. The van der Waals surface area contributed by atoms with E-state index in [0.717, 1.165) is 6.07 Å². The Morgan fingerprint density at radius 2 is 1.91 bits per heavy atom. The first-order valence-electron chi connectivity index (χ1n) is 6.30. The molecule has 3 nitrogen and oxygen atoms in total. The largest absolute Gasteiger partial charge is 0.416 e. The van der Waals surface area contributed by atoms with E-state index in [-0.39, 0.29) is 16.8 Å². The van der Waals surface area contributed by atoms with Gasteiger partial charge in [-0.3, -0.25) is 4.79 Å². The molecule has 22 heavy (non-hydrogen) atoms. The van der Waals surface area contributed by atoms with Gasteiger partial charge in [-0.25, -0.2) is 0 Å². The molecule has 0 spiro atoms. The normalized spacial score (nSPS) is 10.9. The van der Waals surface area contributed by atoms with Crippen LogP contribution in [0.3, 0.4) is 0 Å². The van der Waals surface area contributed by atoms with Crippen LogP contribution in [-0.2, 0) is 6.18 Å². The lowest BCUT2D eigenvalue weighted by molar-refractivity contribution is -0.138. The molecule has 2 aromatic rings. The second kappa shape index (κ2) is 5.90. The number of hydrogen-bond donors (Lipinski definition) is 1. The van der Waals surface area contributed by atoms with E-state index in [9.17, 15) is 18.0 Å². The van der Waals surface area contributed by atoms with Crippen molar-refractivity contribution in [1.29, 1.82) is 5.26 Å². The summed E-state index contributed by atoms with van der Waals surface area (Å²) >= 11 is 0. The van der Waals surface area contributed by atoms with Crippen molar-refractivity contribution in [2.24, 2.45) is 0 Å². The zero-order valence-electron chi connectivity index (χ0n) is 11.5. The zero-order valence-corrected chi connectivity index (χ0v) is 11.5. The van der Waals surface area contributed by atoms with Crippen molar-refractivity contribution in [3.63, 3.8) is 0 Å². The molecular weight excluding hydrogens is 293 g/mol. The molecule has 0 unspecified atom stereocenters. The molecule has 0 saturated heterocycles. The van der Waals surface area contributed by atoms with Gasteiger partial charge in [0.2, 0.25) is 0 Å². The Bertz CT molecular complexity index is 761. The first-order chi connectivity index (χ1) is 10.3. The fourth-order valence-electron chi connectivity index (χ4n) is 1.94. The average molecular weight is 304 g/mol. The van der Waals surface area contributed by atoms with Crippen LogP contribution in [0.5, 0.6) is 0 Å². The van der Waals surface area contributed by atoms with E-state index < -0.39 is 17.6 Å². The number of nitrogens with zero attached hydrogens (tertiary/aromatic N) is 1. The van der Waals surface area contributed by atoms with Crippen molar-refractivity contribution >= 4 is 11.6 Å². The molecule has 0 heterocycles. The number of aryl methyl sites for hydroxylation is 1. The third kappa shape index (κ3) is 3.44. The Morgan fingerprint density at radius 3 is 2.55 bits per heavy atom. The number of hydrogen-bond acceptors (Lipinski definition) is 2. The van der Waals surface area contributed by atoms with Crippen LogP contribution < -0.4 is 5.32 Å². The van der Waals surface area contributed by atoms with E-state index in [2.05, 4.69) is 5.32 Å². The molecule has 1 amide bonds. The number of amides is 1. The highest BCUT2D eigenvalue weighted by atomic mass is 19.4. The minimum atomic E-state index is -4.48. The van der Waals surface area contributed by atoms with Crippen molar-refractivity contribution < 1.29 is 18.0 Å². The van der Waals surface area contributed by atoms with Gasteiger partial charge in [0.1, 0.15) is 0 Å². The smallest absolute Gasteiger partial charge is 0.322 e. The number of carbonyl (C=O) groups excluding carboxylic acids is 1. The summed E-state index contributed by atoms with van der Waals surface area (Å²) in [6.45, 7) is 1.35. The molecule has 112 valence electrons. The van der Waals surface area contributed by atoms with Crippen LogP contribution in [-0.4, -0.2) is 5.91 Å².